The molecule has 130 valence electrons. The van der Waals surface area contributed by atoms with Gasteiger partial charge in [-0.05, 0) is 19.3 Å². The summed E-state index contributed by atoms with van der Waals surface area (Å²) in [4.78, 5) is 33.2. The van der Waals surface area contributed by atoms with E-state index < -0.39 is 11.2 Å². The lowest BCUT2D eigenvalue weighted by Gasteiger charge is -2.08. The van der Waals surface area contributed by atoms with Gasteiger partial charge in [-0.2, -0.15) is 0 Å². The Morgan fingerprint density at radius 1 is 1.12 bits per heavy atom. The third kappa shape index (κ3) is 2.24. The third-order valence-electron chi connectivity index (χ3n) is 4.68. The minimum atomic E-state index is -0.501. The van der Waals surface area contributed by atoms with E-state index in [1.54, 1.807) is 0 Å². The first kappa shape index (κ1) is 15.5. The highest BCUT2D eigenvalue weighted by Crippen LogP contribution is 2.20. The molecule has 0 atom stereocenters. The Labute approximate surface area is 142 Å². The number of nitrogens with one attached hydrogen (secondary N) is 1. The maximum atomic E-state index is 12.4. The molecule has 0 aromatic carbocycles. The number of nitrogen functional groups attached to an aromatic ring is 1. The molecule has 3 N–H and O–H groups in total. The number of anilines is 1. The summed E-state index contributed by atoms with van der Waals surface area (Å²) < 4.78 is 4.32. The summed E-state index contributed by atoms with van der Waals surface area (Å²) >= 11 is 0. The number of fused-ring (bicyclic) bond motifs is 2. The van der Waals surface area contributed by atoms with Gasteiger partial charge in [-0.3, -0.25) is 13.9 Å². The highest BCUT2D eigenvalue weighted by Gasteiger charge is 2.27. The Morgan fingerprint density at radius 3 is 2.72 bits per heavy atom. The van der Waals surface area contributed by atoms with E-state index in [-0.39, 0.29) is 17.0 Å². The summed E-state index contributed by atoms with van der Waals surface area (Å²) in [7, 11) is 2.95. The largest absolute Gasteiger partial charge is 0.382 e. The lowest BCUT2D eigenvalue weighted by Crippen LogP contribution is -2.39. The van der Waals surface area contributed by atoms with Crippen molar-refractivity contribution in [1.29, 1.82) is 0 Å². The Bertz CT molecular complexity index is 1110. The van der Waals surface area contributed by atoms with E-state index in [2.05, 4.69) is 20.2 Å². The van der Waals surface area contributed by atoms with Crippen LogP contribution in [0.25, 0.3) is 22.7 Å². The molecule has 0 aliphatic carbocycles. The van der Waals surface area contributed by atoms with Crippen molar-refractivity contribution in [1.82, 2.24) is 29.3 Å². The number of H-pyrrole nitrogens is 1. The Hall–Kier alpha value is -3.04. The average Bonchev–Trinajstić information content (AvgIpc) is 2.85. The smallest absolute Gasteiger partial charge is 0.332 e. The molecule has 0 saturated heterocycles. The molecule has 0 amide bonds. The fourth-order valence-corrected chi connectivity index (χ4v) is 3.26. The Balaban J connectivity index is 2.01. The molecule has 10 heteroatoms. The standard InChI is InChI=1S/C15H18N8O2/c1-21-12-10(14(24)22(2)15(21)25)17-9(11(16)18-12)13-20-19-8-6-4-3-5-7-23(8)13/h3-7H2,1-2H3,(H2,16,18,20,24)/p+1. The van der Waals surface area contributed by atoms with Crippen LogP contribution >= 0.6 is 0 Å². The van der Waals surface area contributed by atoms with Gasteiger partial charge < -0.3 is 5.73 Å². The molecule has 1 aliphatic heterocycles. The van der Waals surface area contributed by atoms with Crippen molar-refractivity contribution >= 4 is 17.0 Å². The summed E-state index contributed by atoms with van der Waals surface area (Å²) in [5, 5.41) is 7.39. The van der Waals surface area contributed by atoms with Crippen LogP contribution in [0.4, 0.5) is 5.82 Å². The van der Waals surface area contributed by atoms with Crippen molar-refractivity contribution in [3.05, 3.63) is 26.7 Å². The summed E-state index contributed by atoms with van der Waals surface area (Å²) in [6.07, 6.45) is 4.20. The molecular weight excluding hydrogens is 324 g/mol. The first-order valence-electron chi connectivity index (χ1n) is 8.19. The van der Waals surface area contributed by atoms with Crippen LogP contribution in [0.1, 0.15) is 25.1 Å². The molecule has 0 saturated carbocycles. The zero-order chi connectivity index (χ0) is 17.7. The van der Waals surface area contributed by atoms with E-state index in [0.717, 1.165) is 42.6 Å². The van der Waals surface area contributed by atoms with E-state index in [0.29, 0.717) is 11.5 Å². The highest BCUT2D eigenvalue weighted by atomic mass is 16.2. The van der Waals surface area contributed by atoms with Gasteiger partial charge in [-0.1, -0.05) is 0 Å². The second-order valence-electron chi connectivity index (χ2n) is 6.29. The maximum Gasteiger partial charge on any atom is 0.332 e. The van der Waals surface area contributed by atoms with Gasteiger partial charge in [0.25, 0.3) is 5.56 Å². The normalized spacial score (nSPS) is 14.5. The molecule has 0 radical (unpaired) electrons. The van der Waals surface area contributed by atoms with Crippen LogP contribution in [0.5, 0.6) is 0 Å². The topological polar surface area (TPSA) is 128 Å². The van der Waals surface area contributed by atoms with Crippen LogP contribution in [-0.2, 0) is 27.1 Å². The van der Waals surface area contributed by atoms with Crippen molar-refractivity contribution in [3.63, 3.8) is 0 Å². The molecule has 4 rings (SSSR count). The van der Waals surface area contributed by atoms with Crippen LogP contribution in [0.2, 0.25) is 0 Å². The van der Waals surface area contributed by atoms with Crippen molar-refractivity contribution in [2.75, 3.05) is 5.73 Å². The predicted molar refractivity (Wildman–Crippen MR) is 89.8 cm³/mol. The SMILES string of the molecule is Cn1c(=O)c2nc(-c3n[nH]c4[n+]3CCCCC4)c(N)nc2n(C)c1=O. The van der Waals surface area contributed by atoms with Gasteiger partial charge in [0, 0.05) is 25.6 Å². The second-order valence-corrected chi connectivity index (χ2v) is 6.29. The van der Waals surface area contributed by atoms with Gasteiger partial charge in [0.1, 0.15) is 0 Å². The summed E-state index contributed by atoms with van der Waals surface area (Å²) in [5.41, 5.74) is 5.74. The quantitative estimate of drug-likeness (QED) is 0.546. The Kier molecular flexibility index (Phi) is 3.41. The van der Waals surface area contributed by atoms with Gasteiger partial charge >= 0.3 is 11.5 Å². The molecule has 0 bridgehead atoms. The number of nitrogens with two attached hydrogens (primary N) is 1. The van der Waals surface area contributed by atoms with E-state index in [9.17, 15) is 9.59 Å². The van der Waals surface area contributed by atoms with Gasteiger partial charge in [0.15, 0.2) is 22.7 Å². The number of nitrogens with zero attached hydrogens (tertiary/aromatic N) is 6. The number of aromatic nitrogens is 7. The lowest BCUT2D eigenvalue weighted by atomic mass is 10.2. The van der Waals surface area contributed by atoms with Crippen LogP contribution in [0, 0.1) is 0 Å². The number of rotatable bonds is 1. The summed E-state index contributed by atoms with van der Waals surface area (Å²) in [6.45, 7) is 0.811. The molecule has 0 spiro atoms. The first-order chi connectivity index (χ1) is 12.0. The second kappa shape index (κ2) is 5.50. The van der Waals surface area contributed by atoms with E-state index in [1.807, 2.05) is 4.57 Å². The fourth-order valence-electron chi connectivity index (χ4n) is 3.26. The molecule has 1 aliphatic rings. The van der Waals surface area contributed by atoms with E-state index >= 15 is 0 Å². The van der Waals surface area contributed by atoms with Crippen LogP contribution in [-0.4, -0.2) is 29.3 Å². The lowest BCUT2D eigenvalue weighted by molar-refractivity contribution is -0.692. The maximum absolute atomic E-state index is 12.4. The van der Waals surface area contributed by atoms with E-state index in [4.69, 9.17) is 5.73 Å². The van der Waals surface area contributed by atoms with Crippen molar-refractivity contribution < 1.29 is 4.57 Å². The van der Waals surface area contributed by atoms with Crippen molar-refractivity contribution in [2.45, 2.75) is 32.2 Å². The monoisotopic (exact) mass is 343 g/mol. The minimum absolute atomic E-state index is 0.0970. The molecule has 3 aromatic rings. The molecule has 25 heavy (non-hydrogen) atoms. The predicted octanol–water partition coefficient (Wildman–Crippen LogP) is -0.987. The molecule has 0 fully saturated rings. The van der Waals surface area contributed by atoms with Gasteiger partial charge in [-0.15, -0.1) is 5.10 Å². The first-order valence-corrected chi connectivity index (χ1v) is 8.19. The minimum Gasteiger partial charge on any atom is -0.382 e. The van der Waals surface area contributed by atoms with Crippen LogP contribution in [0.3, 0.4) is 0 Å². The number of hydrogen-bond acceptors (Lipinski definition) is 6. The van der Waals surface area contributed by atoms with Gasteiger partial charge in [0.2, 0.25) is 5.82 Å². The number of hydrogen-bond donors (Lipinski definition) is 2. The number of aryl methyl sites for hydroxylation is 2. The average molecular weight is 343 g/mol. The van der Waals surface area contributed by atoms with Crippen molar-refractivity contribution in [3.8, 4) is 11.5 Å². The fraction of sp³-hybridized carbons (Fsp3) is 0.467. The van der Waals surface area contributed by atoms with Crippen LogP contribution < -0.4 is 21.5 Å². The highest BCUT2D eigenvalue weighted by molar-refractivity contribution is 5.76. The summed E-state index contributed by atoms with van der Waals surface area (Å²) in [6, 6.07) is 0. The molecule has 10 nitrogen and oxygen atoms in total. The molecule has 3 aromatic heterocycles. The number of aromatic amines is 1. The Morgan fingerprint density at radius 2 is 1.92 bits per heavy atom. The van der Waals surface area contributed by atoms with Gasteiger partial charge in [-0.25, -0.2) is 19.3 Å². The van der Waals surface area contributed by atoms with Gasteiger partial charge in [0.05, 0.1) is 6.54 Å². The zero-order valence-corrected chi connectivity index (χ0v) is 14.1. The molecule has 0 unspecified atom stereocenters. The molecule has 4 heterocycles. The summed E-state index contributed by atoms with van der Waals surface area (Å²) in [5.74, 6) is 1.73. The zero-order valence-electron chi connectivity index (χ0n) is 14.1. The molecular formula is C15H19N8O2+. The van der Waals surface area contributed by atoms with E-state index in [1.165, 1.54) is 18.7 Å². The van der Waals surface area contributed by atoms with Crippen molar-refractivity contribution in [2.24, 2.45) is 14.1 Å². The third-order valence-corrected chi connectivity index (χ3v) is 4.68. The van der Waals surface area contributed by atoms with Crippen LogP contribution in [0.15, 0.2) is 9.59 Å².